The van der Waals surface area contributed by atoms with Crippen LogP contribution < -0.4 is 10.9 Å². The van der Waals surface area contributed by atoms with E-state index in [1.807, 2.05) is 25.3 Å². The van der Waals surface area contributed by atoms with Gasteiger partial charge in [-0.15, -0.1) is 11.3 Å². The van der Waals surface area contributed by atoms with Gasteiger partial charge < -0.3 is 15.0 Å². The van der Waals surface area contributed by atoms with Crippen molar-refractivity contribution in [2.24, 2.45) is 0 Å². The number of allylic oxidation sites excluding steroid dienone is 1. The smallest absolute Gasteiger partial charge is 0.337 e. The van der Waals surface area contributed by atoms with Gasteiger partial charge in [-0.1, -0.05) is 31.3 Å². The summed E-state index contributed by atoms with van der Waals surface area (Å²) < 4.78 is 5.31. The van der Waals surface area contributed by atoms with Gasteiger partial charge in [0.2, 0.25) is 0 Å². The first-order chi connectivity index (χ1) is 13.5. The summed E-state index contributed by atoms with van der Waals surface area (Å²) in [6.07, 6.45) is 2.50. The Labute approximate surface area is 172 Å². The minimum absolute atomic E-state index is 0.111. The van der Waals surface area contributed by atoms with E-state index in [4.69, 9.17) is 4.74 Å². The van der Waals surface area contributed by atoms with E-state index in [2.05, 4.69) is 28.8 Å². The molecular weight excluding hydrogens is 394 g/mol. The topological polar surface area (TPSA) is 84.1 Å². The van der Waals surface area contributed by atoms with Crippen LogP contribution in [0.25, 0.3) is 0 Å². The molecule has 148 valence electrons. The SMILES string of the molecule is C=CCOC(=O)C1=C(C)Nc2nc(SCCC)[nH]c(=O)c2[C@@H]1c1sccc1C. The van der Waals surface area contributed by atoms with Crippen LogP contribution in [-0.2, 0) is 9.53 Å². The molecule has 1 aliphatic heterocycles. The second-order valence-electron chi connectivity index (χ2n) is 6.43. The van der Waals surface area contributed by atoms with Crippen LogP contribution in [0.3, 0.4) is 0 Å². The zero-order valence-corrected chi connectivity index (χ0v) is 17.8. The molecule has 8 heteroatoms. The quantitative estimate of drug-likeness (QED) is 0.304. The zero-order chi connectivity index (χ0) is 20.3. The van der Waals surface area contributed by atoms with Crippen LogP contribution in [0.1, 0.15) is 42.2 Å². The molecule has 2 N–H and O–H groups in total. The molecule has 0 saturated carbocycles. The van der Waals surface area contributed by atoms with Crippen LogP contribution in [0.4, 0.5) is 5.82 Å². The lowest BCUT2D eigenvalue weighted by Gasteiger charge is -2.28. The molecule has 0 amide bonds. The van der Waals surface area contributed by atoms with Gasteiger partial charge in [0, 0.05) is 16.3 Å². The Morgan fingerprint density at radius 1 is 1.46 bits per heavy atom. The van der Waals surface area contributed by atoms with Crippen molar-refractivity contribution >= 4 is 34.9 Å². The van der Waals surface area contributed by atoms with Crippen molar-refractivity contribution in [2.45, 2.75) is 38.3 Å². The highest BCUT2D eigenvalue weighted by molar-refractivity contribution is 7.99. The molecule has 6 nitrogen and oxygen atoms in total. The van der Waals surface area contributed by atoms with E-state index in [0.717, 1.165) is 22.6 Å². The van der Waals surface area contributed by atoms with Crippen LogP contribution in [0.2, 0.25) is 0 Å². The number of nitrogens with one attached hydrogen (secondary N) is 2. The number of hydrogen-bond donors (Lipinski definition) is 2. The summed E-state index contributed by atoms with van der Waals surface area (Å²) in [4.78, 5) is 34.2. The van der Waals surface area contributed by atoms with Gasteiger partial charge in [-0.3, -0.25) is 4.79 Å². The fraction of sp³-hybridized carbons (Fsp3) is 0.350. The molecule has 0 bridgehead atoms. The number of aryl methyl sites for hydroxylation is 1. The zero-order valence-electron chi connectivity index (χ0n) is 16.1. The number of carbonyl (C=O) groups is 1. The molecule has 0 saturated heterocycles. The molecule has 0 aromatic carbocycles. The Morgan fingerprint density at radius 3 is 2.89 bits per heavy atom. The van der Waals surface area contributed by atoms with Gasteiger partial charge in [0.1, 0.15) is 12.4 Å². The molecule has 1 atom stereocenters. The van der Waals surface area contributed by atoms with Crippen molar-refractivity contribution in [1.82, 2.24) is 9.97 Å². The number of aromatic nitrogens is 2. The number of hydrogen-bond acceptors (Lipinski definition) is 7. The van der Waals surface area contributed by atoms with Crippen LogP contribution in [-0.4, -0.2) is 28.3 Å². The van der Waals surface area contributed by atoms with Crippen LogP contribution in [0.15, 0.2) is 45.3 Å². The molecule has 0 fully saturated rings. The van der Waals surface area contributed by atoms with Crippen LogP contribution >= 0.6 is 23.1 Å². The standard InChI is InChI=1S/C20H23N3O3S2/c1-5-8-26-19(25)13-12(4)21-17-15(14(13)16-11(3)7-10-27-16)18(24)23-20(22-17)28-9-6-2/h5,7,10,14H,1,6,8-9H2,2-4H3,(H2,21,22,23,24)/t14-/m1/s1. The lowest BCUT2D eigenvalue weighted by molar-refractivity contribution is -0.138. The molecule has 2 aromatic heterocycles. The molecule has 3 rings (SSSR count). The summed E-state index contributed by atoms with van der Waals surface area (Å²) in [6, 6.07) is 1.98. The van der Waals surface area contributed by atoms with Crippen LogP contribution in [0, 0.1) is 6.92 Å². The van der Waals surface area contributed by atoms with Gasteiger partial charge in [-0.2, -0.15) is 0 Å². The number of aromatic amines is 1. The molecule has 0 aliphatic carbocycles. The summed E-state index contributed by atoms with van der Waals surface area (Å²) in [7, 11) is 0. The Bertz CT molecular complexity index is 991. The number of rotatable bonds is 7. The first-order valence-corrected chi connectivity index (χ1v) is 10.9. The average molecular weight is 418 g/mol. The molecular formula is C20H23N3O3S2. The van der Waals surface area contributed by atoms with Gasteiger partial charge in [-0.25, -0.2) is 9.78 Å². The second kappa shape index (κ2) is 8.79. The van der Waals surface area contributed by atoms with Gasteiger partial charge in [0.25, 0.3) is 5.56 Å². The molecule has 0 unspecified atom stereocenters. The van der Waals surface area contributed by atoms with Crippen molar-refractivity contribution < 1.29 is 9.53 Å². The lowest BCUT2D eigenvalue weighted by Crippen LogP contribution is -2.31. The summed E-state index contributed by atoms with van der Waals surface area (Å²) in [6.45, 7) is 9.56. The Balaban J connectivity index is 2.16. The van der Waals surface area contributed by atoms with Crippen molar-refractivity contribution in [3.8, 4) is 0 Å². The molecule has 3 heterocycles. The normalized spacial score (nSPS) is 15.8. The van der Waals surface area contributed by atoms with Crippen molar-refractivity contribution in [2.75, 3.05) is 17.7 Å². The predicted octanol–water partition coefficient (Wildman–Crippen LogP) is 4.20. The van der Waals surface area contributed by atoms with E-state index in [1.54, 1.807) is 0 Å². The monoisotopic (exact) mass is 417 g/mol. The fourth-order valence-corrected chi connectivity index (χ4v) is 4.89. The Kier molecular flexibility index (Phi) is 6.41. The number of nitrogens with zero attached hydrogens (tertiary/aromatic N) is 1. The Morgan fingerprint density at radius 2 is 2.25 bits per heavy atom. The molecule has 0 radical (unpaired) electrons. The van der Waals surface area contributed by atoms with Crippen molar-refractivity contribution in [3.63, 3.8) is 0 Å². The van der Waals surface area contributed by atoms with E-state index in [-0.39, 0.29) is 12.2 Å². The molecule has 28 heavy (non-hydrogen) atoms. The third kappa shape index (κ3) is 3.93. The van der Waals surface area contributed by atoms with Gasteiger partial charge >= 0.3 is 5.97 Å². The highest BCUT2D eigenvalue weighted by Crippen LogP contribution is 2.43. The maximum Gasteiger partial charge on any atom is 0.337 e. The largest absolute Gasteiger partial charge is 0.458 e. The van der Waals surface area contributed by atoms with Crippen molar-refractivity contribution in [3.05, 3.63) is 61.7 Å². The highest BCUT2D eigenvalue weighted by Gasteiger charge is 2.37. The maximum atomic E-state index is 13.0. The van der Waals surface area contributed by atoms with E-state index in [9.17, 15) is 9.59 Å². The number of H-pyrrole nitrogens is 1. The fourth-order valence-electron chi connectivity index (χ4n) is 3.12. The van der Waals surface area contributed by atoms with Gasteiger partial charge in [0.15, 0.2) is 5.16 Å². The van der Waals surface area contributed by atoms with E-state index < -0.39 is 11.9 Å². The molecule has 1 aliphatic rings. The van der Waals surface area contributed by atoms with Gasteiger partial charge in [0.05, 0.1) is 17.1 Å². The maximum absolute atomic E-state index is 13.0. The van der Waals surface area contributed by atoms with E-state index in [0.29, 0.717) is 27.8 Å². The number of fused-ring (bicyclic) bond motifs is 1. The Hall–Kier alpha value is -2.32. The average Bonchev–Trinajstić information content (AvgIpc) is 3.08. The highest BCUT2D eigenvalue weighted by atomic mass is 32.2. The first-order valence-electron chi connectivity index (χ1n) is 9.04. The summed E-state index contributed by atoms with van der Waals surface area (Å²) >= 11 is 3.02. The minimum Gasteiger partial charge on any atom is -0.458 e. The van der Waals surface area contributed by atoms with Crippen molar-refractivity contribution in [1.29, 1.82) is 0 Å². The third-order valence-corrected chi connectivity index (χ3v) is 6.54. The molecule has 2 aromatic rings. The van der Waals surface area contributed by atoms with Gasteiger partial charge in [-0.05, 0) is 37.3 Å². The summed E-state index contributed by atoms with van der Waals surface area (Å²) in [5.74, 6) is 0.383. The van der Waals surface area contributed by atoms with E-state index >= 15 is 0 Å². The third-order valence-electron chi connectivity index (χ3n) is 4.38. The second-order valence-corrected chi connectivity index (χ2v) is 8.46. The lowest BCUT2D eigenvalue weighted by atomic mass is 9.85. The molecule has 0 spiro atoms. The minimum atomic E-state index is -0.518. The number of anilines is 1. The first kappa shape index (κ1) is 20.4. The number of carbonyl (C=O) groups excluding carboxylic acids is 1. The number of ether oxygens (including phenoxy) is 1. The number of esters is 1. The predicted molar refractivity (Wildman–Crippen MR) is 114 cm³/mol. The summed E-state index contributed by atoms with van der Waals surface area (Å²) in [5.41, 5.74) is 2.30. The van der Waals surface area contributed by atoms with E-state index in [1.165, 1.54) is 29.2 Å². The number of thiophene rings is 1. The van der Waals surface area contributed by atoms with Crippen LogP contribution in [0.5, 0.6) is 0 Å². The number of thioether (sulfide) groups is 1. The summed E-state index contributed by atoms with van der Waals surface area (Å²) in [5, 5.41) is 5.68.